The fourth-order valence-corrected chi connectivity index (χ4v) is 2.04. The molecule has 0 spiro atoms. The van der Waals surface area contributed by atoms with Crippen molar-refractivity contribution in [2.75, 3.05) is 7.11 Å². The lowest BCUT2D eigenvalue weighted by molar-refractivity contribution is 0.0912. The number of carbonyl (C=O) groups excluding carboxylic acids is 1. The smallest absolute Gasteiger partial charge is 0.251 e. The highest BCUT2D eigenvalue weighted by Crippen LogP contribution is 2.21. The molecule has 1 N–H and O–H groups in total. The van der Waals surface area contributed by atoms with Gasteiger partial charge in [-0.05, 0) is 55.8 Å². The summed E-state index contributed by atoms with van der Waals surface area (Å²) in [7, 11) is 1.58. The van der Waals surface area contributed by atoms with Crippen LogP contribution in [0.25, 0.3) is 0 Å². The number of benzene rings is 2. The van der Waals surface area contributed by atoms with Crippen LogP contribution in [-0.4, -0.2) is 13.0 Å². The molecule has 0 aliphatic rings. The van der Waals surface area contributed by atoms with Crippen molar-refractivity contribution >= 4 is 5.91 Å². The first-order valence-electron chi connectivity index (χ1n) is 6.65. The third-order valence-corrected chi connectivity index (χ3v) is 3.34. The third kappa shape index (κ3) is 3.60. The standard InChI is InChI=1S/C17H18FNO2/c1-17(2,13-6-8-14(18)9-7-13)19-16(20)12-4-10-15(21-3)11-5-12/h4-11H,1-3H3,(H,19,20). The van der Waals surface area contributed by atoms with Crippen LogP contribution in [0.1, 0.15) is 29.8 Å². The molecule has 4 heteroatoms. The zero-order valence-corrected chi connectivity index (χ0v) is 12.3. The zero-order chi connectivity index (χ0) is 15.5. The molecule has 0 aliphatic carbocycles. The van der Waals surface area contributed by atoms with E-state index in [1.54, 1.807) is 43.5 Å². The SMILES string of the molecule is COc1ccc(C(=O)NC(C)(C)c2ccc(F)cc2)cc1. The van der Waals surface area contributed by atoms with Crippen molar-refractivity contribution in [2.24, 2.45) is 0 Å². The predicted octanol–water partition coefficient (Wildman–Crippen LogP) is 3.50. The number of amides is 1. The molecule has 0 aliphatic heterocycles. The number of carbonyl (C=O) groups is 1. The fraction of sp³-hybridized carbons (Fsp3) is 0.235. The van der Waals surface area contributed by atoms with Crippen molar-refractivity contribution < 1.29 is 13.9 Å². The van der Waals surface area contributed by atoms with E-state index in [2.05, 4.69) is 5.32 Å². The highest BCUT2D eigenvalue weighted by Gasteiger charge is 2.23. The van der Waals surface area contributed by atoms with E-state index in [0.29, 0.717) is 11.3 Å². The second-order valence-corrected chi connectivity index (χ2v) is 5.31. The van der Waals surface area contributed by atoms with Crippen molar-refractivity contribution in [3.8, 4) is 5.75 Å². The predicted molar refractivity (Wildman–Crippen MR) is 79.9 cm³/mol. The average Bonchev–Trinajstić information content (AvgIpc) is 2.47. The number of methoxy groups -OCH3 is 1. The maximum atomic E-state index is 13.0. The molecular formula is C17H18FNO2. The van der Waals surface area contributed by atoms with Crippen LogP contribution in [0.15, 0.2) is 48.5 Å². The van der Waals surface area contributed by atoms with E-state index in [1.807, 2.05) is 13.8 Å². The number of ether oxygens (including phenoxy) is 1. The summed E-state index contributed by atoms with van der Waals surface area (Å²) in [4.78, 5) is 12.3. The molecule has 110 valence electrons. The molecule has 21 heavy (non-hydrogen) atoms. The molecule has 2 aromatic rings. The van der Waals surface area contributed by atoms with E-state index in [4.69, 9.17) is 4.74 Å². The third-order valence-electron chi connectivity index (χ3n) is 3.34. The van der Waals surface area contributed by atoms with Crippen molar-refractivity contribution in [3.05, 3.63) is 65.5 Å². The Morgan fingerprint density at radius 2 is 1.62 bits per heavy atom. The van der Waals surface area contributed by atoms with Gasteiger partial charge in [-0.25, -0.2) is 4.39 Å². The Morgan fingerprint density at radius 1 is 1.05 bits per heavy atom. The number of nitrogens with one attached hydrogen (secondary N) is 1. The molecule has 3 nitrogen and oxygen atoms in total. The van der Waals surface area contributed by atoms with Crippen molar-refractivity contribution in [1.29, 1.82) is 0 Å². The van der Waals surface area contributed by atoms with Gasteiger partial charge in [-0.1, -0.05) is 12.1 Å². The quantitative estimate of drug-likeness (QED) is 0.934. The first-order valence-corrected chi connectivity index (χ1v) is 6.65. The maximum absolute atomic E-state index is 13.0. The first kappa shape index (κ1) is 15.0. The Kier molecular flexibility index (Phi) is 4.26. The zero-order valence-electron chi connectivity index (χ0n) is 12.3. The Bertz CT molecular complexity index is 618. The Morgan fingerprint density at radius 3 is 2.14 bits per heavy atom. The largest absolute Gasteiger partial charge is 0.497 e. The maximum Gasteiger partial charge on any atom is 0.251 e. The number of halogens is 1. The minimum absolute atomic E-state index is 0.188. The molecular weight excluding hydrogens is 269 g/mol. The molecule has 0 saturated heterocycles. The molecule has 0 heterocycles. The van der Waals surface area contributed by atoms with Crippen LogP contribution in [0.4, 0.5) is 4.39 Å². The van der Waals surface area contributed by atoms with Gasteiger partial charge in [-0.15, -0.1) is 0 Å². The molecule has 0 unspecified atom stereocenters. The Balaban J connectivity index is 2.14. The monoisotopic (exact) mass is 287 g/mol. The summed E-state index contributed by atoms with van der Waals surface area (Å²) in [6, 6.07) is 13.0. The van der Waals surface area contributed by atoms with Crippen molar-refractivity contribution in [1.82, 2.24) is 5.32 Å². The highest BCUT2D eigenvalue weighted by molar-refractivity contribution is 5.94. The molecule has 0 fully saturated rings. The van der Waals surface area contributed by atoms with Gasteiger partial charge in [0, 0.05) is 5.56 Å². The summed E-state index contributed by atoms with van der Waals surface area (Å²) < 4.78 is 18.0. The van der Waals surface area contributed by atoms with Crippen LogP contribution >= 0.6 is 0 Å². The van der Waals surface area contributed by atoms with Gasteiger partial charge >= 0.3 is 0 Å². The van der Waals surface area contributed by atoms with Gasteiger partial charge in [-0.2, -0.15) is 0 Å². The second-order valence-electron chi connectivity index (χ2n) is 5.31. The van der Waals surface area contributed by atoms with Crippen molar-refractivity contribution in [2.45, 2.75) is 19.4 Å². The molecule has 0 bridgehead atoms. The molecule has 0 radical (unpaired) electrons. The molecule has 0 atom stereocenters. The van der Waals surface area contributed by atoms with E-state index < -0.39 is 5.54 Å². The van der Waals surface area contributed by atoms with Gasteiger partial charge in [0.2, 0.25) is 0 Å². The topological polar surface area (TPSA) is 38.3 Å². The molecule has 0 aromatic heterocycles. The number of rotatable bonds is 4. The first-order chi connectivity index (χ1) is 9.92. The summed E-state index contributed by atoms with van der Waals surface area (Å²) in [5.74, 6) is 0.215. The average molecular weight is 287 g/mol. The summed E-state index contributed by atoms with van der Waals surface area (Å²) in [5.41, 5.74) is 0.793. The summed E-state index contributed by atoms with van der Waals surface area (Å²) in [6.07, 6.45) is 0. The van der Waals surface area contributed by atoms with Gasteiger partial charge < -0.3 is 10.1 Å². The lowest BCUT2D eigenvalue weighted by Gasteiger charge is -2.27. The van der Waals surface area contributed by atoms with E-state index >= 15 is 0 Å². The van der Waals surface area contributed by atoms with E-state index in [-0.39, 0.29) is 11.7 Å². The second kappa shape index (κ2) is 5.95. The van der Waals surface area contributed by atoms with E-state index in [0.717, 1.165) is 5.56 Å². The van der Waals surface area contributed by atoms with Crippen LogP contribution in [0.5, 0.6) is 5.75 Å². The minimum Gasteiger partial charge on any atom is -0.497 e. The van der Waals surface area contributed by atoms with Gasteiger partial charge in [0.1, 0.15) is 11.6 Å². The lowest BCUT2D eigenvalue weighted by atomic mass is 9.94. The normalized spacial score (nSPS) is 11.0. The fourth-order valence-electron chi connectivity index (χ4n) is 2.04. The highest BCUT2D eigenvalue weighted by atomic mass is 19.1. The summed E-state index contributed by atoms with van der Waals surface area (Å²) >= 11 is 0. The van der Waals surface area contributed by atoms with Crippen LogP contribution in [0.2, 0.25) is 0 Å². The van der Waals surface area contributed by atoms with Crippen LogP contribution < -0.4 is 10.1 Å². The van der Waals surface area contributed by atoms with Gasteiger partial charge in [0.05, 0.1) is 12.6 Å². The molecule has 1 amide bonds. The van der Waals surface area contributed by atoms with Crippen LogP contribution in [-0.2, 0) is 5.54 Å². The Labute approximate surface area is 123 Å². The molecule has 2 rings (SSSR count). The van der Waals surface area contributed by atoms with E-state index in [1.165, 1.54) is 12.1 Å². The van der Waals surface area contributed by atoms with Crippen LogP contribution in [0, 0.1) is 5.82 Å². The van der Waals surface area contributed by atoms with Crippen LogP contribution in [0.3, 0.4) is 0 Å². The van der Waals surface area contributed by atoms with Gasteiger partial charge in [0.25, 0.3) is 5.91 Å². The summed E-state index contributed by atoms with van der Waals surface area (Å²) in [6.45, 7) is 3.75. The molecule has 0 saturated carbocycles. The number of hydrogen-bond acceptors (Lipinski definition) is 2. The van der Waals surface area contributed by atoms with Gasteiger partial charge in [0.15, 0.2) is 0 Å². The van der Waals surface area contributed by atoms with Crippen molar-refractivity contribution in [3.63, 3.8) is 0 Å². The molecule has 2 aromatic carbocycles. The Hall–Kier alpha value is -2.36. The summed E-state index contributed by atoms with van der Waals surface area (Å²) in [5, 5.41) is 2.94. The minimum atomic E-state index is -0.593. The number of hydrogen-bond donors (Lipinski definition) is 1. The lowest BCUT2D eigenvalue weighted by Crippen LogP contribution is -2.40. The van der Waals surface area contributed by atoms with E-state index in [9.17, 15) is 9.18 Å². The van der Waals surface area contributed by atoms with Gasteiger partial charge in [-0.3, -0.25) is 4.79 Å².